The molecule has 2 saturated heterocycles. The van der Waals surface area contributed by atoms with Crippen LogP contribution in [0.2, 0.25) is 0 Å². The number of aromatic nitrogens is 2. The molecule has 2 amide bonds. The van der Waals surface area contributed by atoms with Crippen LogP contribution in [0.25, 0.3) is 10.9 Å². The molecule has 9 heteroatoms. The zero-order chi connectivity index (χ0) is 24.7. The number of fused-ring (bicyclic) bond motifs is 1. The predicted molar refractivity (Wildman–Crippen MR) is 139 cm³/mol. The van der Waals surface area contributed by atoms with Gasteiger partial charge in [-0.2, -0.15) is 5.26 Å². The highest BCUT2D eigenvalue weighted by atomic mass is 16.5. The summed E-state index contributed by atoms with van der Waals surface area (Å²) in [7, 11) is 0. The fourth-order valence-electron chi connectivity index (χ4n) is 4.79. The van der Waals surface area contributed by atoms with E-state index in [1.54, 1.807) is 35.5 Å². The Labute approximate surface area is 211 Å². The number of hydrogen-bond donors (Lipinski definition) is 1. The lowest BCUT2D eigenvalue weighted by atomic mass is 10.1. The smallest absolute Gasteiger partial charge is 0.321 e. The van der Waals surface area contributed by atoms with E-state index in [2.05, 4.69) is 31.2 Å². The number of anilines is 2. The highest BCUT2D eigenvalue weighted by molar-refractivity contribution is 5.91. The van der Waals surface area contributed by atoms with Crippen molar-refractivity contribution in [3.05, 3.63) is 54.4 Å². The number of carbonyl (C=O) groups excluding carboxylic acids is 1. The zero-order valence-corrected chi connectivity index (χ0v) is 20.4. The summed E-state index contributed by atoms with van der Waals surface area (Å²) in [6.07, 6.45) is 5.50. The first-order chi connectivity index (χ1) is 17.7. The van der Waals surface area contributed by atoms with Crippen molar-refractivity contribution >= 4 is 28.4 Å². The lowest BCUT2D eigenvalue weighted by Gasteiger charge is -2.35. The standard InChI is InChI=1S/C27H31N7O2/c28-19-21-4-6-22(7-5-21)31-27(35)34-14-12-33(13-15-34)26-24-9-8-23(18-25(24)29-20-30-26)36-17-16-32-10-2-1-3-11-32/h4-9,18,20H,1-3,10-17H2,(H,31,35). The summed E-state index contributed by atoms with van der Waals surface area (Å²) >= 11 is 0. The maximum absolute atomic E-state index is 12.7. The van der Waals surface area contributed by atoms with Gasteiger partial charge in [-0.25, -0.2) is 14.8 Å². The van der Waals surface area contributed by atoms with E-state index < -0.39 is 0 Å². The van der Waals surface area contributed by atoms with Crippen molar-refractivity contribution in [2.75, 3.05) is 62.6 Å². The van der Waals surface area contributed by atoms with E-state index in [9.17, 15) is 4.79 Å². The minimum Gasteiger partial charge on any atom is -0.492 e. The summed E-state index contributed by atoms with van der Waals surface area (Å²) in [4.78, 5) is 28.2. The van der Waals surface area contributed by atoms with Gasteiger partial charge in [0.05, 0.1) is 17.1 Å². The normalized spacial score (nSPS) is 16.5. The van der Waals surface area contributed by atoms with Gasteiger partial charge >= 0.3 is 6.03 Å². The molecule has 0 bridgehead atoms. The molecule has 0 atom stereocenters. The number of rotatable bonds is 6. The minimum atomic E-state index is -0.141. The highest BCUT2D eigenvalue weighted by Crippen LogP contribution is 2.27. The molecule has 0 spiro atoms. The number of hydrogen-bond acceptors (Lipinski definition) is 7. The van der Waals surface area contributed by atoms with Crippen molar-refractivity contribution in [3.8, 4) is 11.8 Å². The predicted octanol–water partition coefficient (Wildman–Crippen LogP) is 3.72. The Hall–Kier alpha value is -3.90. The first-order valence-corrected chi connectivity index (χ1v) is 12.6. The molecule has 2 aliphatic heterocycles. The molecule has 2 aromatic carbocycles. The molecule has 2 aliphatic rings. The van der Waals surface area contributed by atoms with Crippen LogP contribution in [-0.4, -0.2) is 78.2 Å². The van der Waals surface area contributed by atoms with Gasteiger partial charge < -0.3 is 19.9 Å². The van der Waals surface area contributed by atoms with E-state index in [0.29, 0.717) is 44.0 Å². The molecule has 2 fully saturated rings. The van der Waals surface area contributed by atoms with Gasteiger partial charge in [-0.15, -0.1) is 0 Å². The molecule has 3 aromatic rings. The minimum absolute atomic E-state index is 0.141. The van der Waals surface area contributed by atoms with E-state index in [-0.39, 0.29) is 6.03 Å². The Morgan fingerprint density at radius 1 is 0.972 bits per heavy atom. The molecule has 1 N–H and O–H groups in total. The first kappa shape index (κ1) is 23.8. The van der Waals surface area contributed by atoms with Crippen LogP contribution in [0.3, 0.4) is 0 Å². The molecular formula is C27H31N7O2. The van der Waals surface area contributed by atoms with Crippen LogP contribution in [0, 0.1) is 11.3 Å². The third-order valence-electron chi connectivity index (χ3n) is 6.84. The molecule has 3 heterocycles. The van der Waals surface area contributed by atoms with Crippen molar-refractivity contribution in [2.24, 2.45) is 0 Å². The van der Waals surface area contributed by atoms with Gasteiger partial charge in [-0.3, -0.25) is 4.90 Å². The Balaban J connectivity index is 1.17. The lowest BCUT2D eigenvalue weighted by Crippen LogP contribution is -2.50. The second-order valence-corrected chi connectivity index (χ2v) is 9.22. The second kappa shape index (κ2) is 11.2. The molecular weight excluding hydrogens is 454 g/mol. The fraction of sp³-hybridized carbons (Fsp3) is 0.407. The number of benzene rings is 2. The summed E-state index contributed by atoms with van der Waals surface area (Å²) < 4.78 is 6.02. The quantitative estimate of drug-likeness (QED) is 0.568. The SMILES string of the molecule is N#Cc1ccc(NC(=O)N2CCN(c3ncnc4cc(OCCN5CCCCC5)ccc34)CC2)cc1. The van der Waals surface area contributed by atoms with Crippen molar-refractivity contribution in [1.29, 1.82) is 5.26 Å². The second-order valence-electron chi connectivity index (χ2n) is 9.22. The summed E-state index contributed by atoms with van der Waals surface area (Å²) in [5.41, 5.74) is 2.10. The number of nitrogens with one attached hydrogen (secondary N) is 1. The van der Waals surface area contributed by atoms with Gasteiger partial charge in [0.1, 0.15) is 24.5 Å². The zero-order valence-electron chi connectivity index (χ0n) is 20.4. The highest BCUT2D eigenvalue weighted by Gasteiger charge is 2.23. The maximum atomic E-state index is 12.7. The number of piperidine rings is 1. The number of carbonyl (C=O) groups is 1. The van der Waals surface area contributed by atoms with Crippen LogP contribution in [0.5, 0.6) is 5.75 Å². The van der Waals surface area contributed by atoms with Gasteiger partial charge in [0.25, 0.3) is 0 Å². The average Bonchev–Trinajstić information content (AvgIpc) is 2.94. The maximum Gasteiger partial charge on any atom is 0.321 e. The van der Waals surface area contributed by atoms with Crippen LogP contribution >= 0.6 is 0 Å². The summed E-state index contributed by atoms with van der Waals surface area (Å²) in [6.45, 7) is 6.51. The van der Waals surface area contributed by atoms with E-state index >= 15 is 0 Å². The van der Waals surface area contributed by atoms with Crippen LogP contribution in [0.4, 0.5) is 16.3 Å². The van der Waals surface area contributed by atoms with E-state index in [1.165, 1.54) is 32.4 Å². The molecule has 186 valence electrons. The molecule has 0 saturated carbocycles. The topological polar surface area (TPSA) is 97.6 Å². The van der Waals surface area contributed by atoms with E-state index in [1.807, 2.05) is 18.2 Å². The van der Waals surface area contributed by atoms with Crippen LogP contribution < -0.4 is 15.0 Å². The molecule has 0 unspecified atom stereocenters. The van der Waals surface area contributed by atoms with Crippen molar-refractivity contribution in [1.82, 2.24) is 19.8 Å². The van der Waals surface area contributed by atoms with E-state index in [4.69, 9.17) is 10.00 Å². The Morgan fingerprint density at radius 3 is 2.50 bits per heavy atom. The number of nitrogens with zero attached hydrogens (tertiary/aromatic N) is 6. The number of nitriles is 1. The molecule has 36 heavy (non-hydrogen) atoms. The van der Waals surface area contributed by atoms with Crippen LogP contribution in [0.1, 0.15) is 24.8 Å². The third kappa shape index (κ3) is 5.66. The van der Waals surface area contributed by atoms with Crippen molar-refractivity contribution < 1.29 is 9.53 Å². The largest absolute Gasteiger partial charge is 0.492 e. The van der Waals surface area contributed by atoms with Gasteiger partial charge in [0.2, 0.25) is 0 Å². The lowest BCUT2D eigenvalue weighted by molar-refractivity contribution is 0.183. The molecule has 0 aliphatic carbocycles. The van der Waals surface area contributed by atoms with Gasteiger partial charge in [0, 0.05) is 49.9 Å². The average molecular weight is 486 g/mol. The number of ether oxygens (including phenoxy) is 1. The monoisotopic (exact) mass is 485 g/mol. The first-order valence-electron chi connectivity index (χ1n) is 12.6. The Morgan fingerprint density at radius 2 is 1.75 bits per heavy atom. The summed E-state index contributed by atoms with van der Waals surface area (Å²) in [5.74, 6) is 1.71. The number of urea groups is 1. The Kier molecular flexibility index (Phi) is 7.43. The van der Waals surface area contributed by atoms with Crippen LogP contribution in [-0.2, 0) is 0 Å². The molecule has 1 aromatic heterocycles. The van der Waals surface area contributed by atoms with Crippen molar-refractivity contribution in [3.63, 3.8) is 0 Å². The third-order valence-corrected chi connectivity index (χ3v) is 6.84. The van der Waals surface area contributed by atoms with Crippen molar-refractivity contribution in [2.45, 2.75) is 19.3 Å². The summed E-state index contributed by atoms with van der Waals surface area (Å²) in [5, 5.41) is 12.8. The number of piperazine rings is 1. The number of likely N-dealkylation sites (tertiary alicyclic amines) is 1. The molecule has 9 nitrogen and oxygen atoms in total. The van der Waals surface area contributed by atoms with Gasteiger partial charge in [-0.1, -0.05) is 6.42 Å². The molecule has 0 radical (unpaired) electrons. The summed E-state index contributed by atoms with van der Waals surface area (Å²) in [6, 6.07) is 14.8. The molecule has 5 rings (SSSR count). The van der Waals surface area contributed by atoms with Gasteiger partial charge in [0.15, 0.2) is 0 Å². The van der Waals surface area contributed by atoms with Gasteiger partial charge in [-0.05, 0) is 62.3 Å². The number of amides is 2. The Bertz CT molecular complexity index is 1230. The fourth-order valence-corrected chi connectivity index (χ4v) is 4.79. The van der Waals surface area contributed by atoms with E-state index in [0.717, 1.165) is 29.0 Å². The van der Waals surface area contributed by atoms with Crippen LogP contribution in [0.15, 0.2) is 48.8 Å².